The molecule has 0 spiro atoms. The first-order valence-electron chi connectivity index (χ1n) is 5.46. The summed E-state index contributed by atoms with van der Waals surface area (Å²) in [6.45, 7) is 1.42. The van der Waals surface area contributed by atoms with Gasteiger partial charge in [0.2, 0.25) is 5.82 Å². The fraction of sp³-hybridized carbons (Fsp3) is 0.250. The molecule has 0 fully saturated rings. The lowest BCUT2D eigenvalue weighted by Crippen LogP contribution is -2.04. The van der Waals surface area contributed by atoms with Crippen molar-refractivity contribution in [1.82, 2.24) is 10.1 Å². The van der Waals surface area contributed by atoms with E-state index in [-0.39, 0.29) is 28.6 Å². The number of hydrogen-bond acceptors (Lipinski definition) is 4. The number of nitrogens with zero attached hydrogens (tertiary/aromatic N) is 2. The molecule has 2 aromatic rings. The minimum absolute atomic E-state index is 0.0708. The average Bonchev–Trinajstić information content (AvgIpc) is 2.80. The van der Waals surface area contributed by atoms with E-state index in [4.69, 9.17) is 11.6 Å². The molecule has 0 unspecified atom stereocenters. The maximum atomic E-state index is 12.3. The van der Waals surface area contributed by atoms with Crippen molar-refractivity contribution in [1.29, 1.82) is 0 Å². The van der Waals surface area contributed by atoms with Crippen molar-refractivity contribution in [2.75, 3.05) is 0 Å². The number of rotatable bonds is 3. The van der Waals surface area contributed by atoms with Crippen molar-refractivity contribution in [3.63, 3.8) is 0 Å². The van der Waals surface area contributed by atoms with Crippen LogP contribution < -0.4 is 0 Å². The molecule has 0 aliphatic rings. The lowest BCUT2D eigenvalue weighted by molar-refractivity contribution is -0.159. The van der Waals surface area contributed by atoms with Crippen molar-refractivity contribution in [3.05, 3.63) is 34.7 Å². The first-order valence-corrected chi connectivity index (χ1v) is 5.84. The van der Waals surface area contributed by atoms with Crippen LogP contribution in [-0.4, -0.2) is 15.9 Å². The standard InChI is InChI=1S/C12H8ClF3N2O2/c1-6(19)4-7-2-3-8(5-9(7)13)10-17-11(20-18-10)12(14,15)16/h2-3,5H,4H2,1H3. The van der Waals surface area contributed by atoms with Crippen LogP contribution in [0.1, 0.15) is 18.4 Å². The minimum atomic E-state index is -4.69. The third-order valence-corrected chi connectivity index (χ3v) is 2.77. The second-order valence-electron chi connectivity index (χ2n) is 4.11. The molecule has 0 aliphatic carbocycles. The summed E-state index contributed by atoms with van der Waals surface area (Å²) in [6.07, 6.45) is -4.54. The molecule has 0 radical (unpaired) electrons. The highest BCUT2D eigenvalue weighted by Crippen LogP contribution is 2.30. The van der Waals surface area contributed by atoms with Gasteiger partial charge in [0, 0.05) is 17.0 Å². The second kappa shape index (κ2) is 5.24. The summed E-state index contributed by atoms with van der Waals surface area (Å²) in [7, 11) is 0. The number of alkyl halides is 3. The molecule has 1 aromatic carbocycles. The Balaban J connectivity index is 2.32. The van der Waals surface area contributed by atoms with Crippen LogP contribution in [0.25, 0.3) is 11.4 Å². The predicted octanol–water partition coefficient (Wildman–Crippen LogP) is 3.54. The number of aromatic nitrogens is 2. The fourth-order valence-electron chi connectivity index (χ4n) is 1.55. The van der Waals surface area contributed by atoms with E-state index in [1.807, 2.05) is 0 Å². The van der Waals surface area contributed by atoms with Crippen LogP contribution in [0, 0.1) is 0 Å². The molecule has 20 heavy (non-hydrogen) atoms. The monoisotopic (exact) mass is 304 g/mol. The highest BCUT2D eigenvalue weighted by atomic mass is 35.5. The van der Waals surface area contributed by atoms with Gasteiger partial charge >= 0.3 is 12.1 Å². The van der Waals surface area contributed by atoms with Gasteiger partial charge in [-0.15, -0.1) is 0 Å². The zero-order chi connectivity index (χ0) is 14.9. The summed E-state index contributed by atoms with van der Waals surface area (Å²) < 4.78 is 41.2. The molecule has 0 bridgehead atoms. The average molecular weight is 305 g/mol. The van der Waals surface area contributed by atoms with Crippen LogP contribution in [0.4, 0.5) is 13.2 Å². The molecule has 1 aromatic heterocycles. The topological polar surface area (TPSA) is 56.0 Å². The van der Waals surface area contributed by atoms with E-state index < -0.39 is 12.1 Å². The molecule has 0 N–H and O–H groups in total. The van der Waals surface area contributed by atoms with Crippen molar-refractivity contribution in [2.24, 2.45) is 0 Å². The molecular weight excluding hydrogens is 297 g/mol. The van der Waals surface area contributed by atoms with Gasteiger partial charge < -0.3 is 4.52 Å². The Morgan fingerprint density at radius 2 is 2.10 bits per heavy atom. The van der Waals surface area contributed by atoms with Gasteiger partial charge in [-0.25, -0.2) is 0 Å². The van der Waals surface area contributed by atoms with Crippen molar-refractivity contribution >= 4 is 17.4 Å². The lowest BCUT2D eigenvalue weighted by Gasteiger charge is -2.03. The molecular formula is C12H8ClF3N2O2. The van der Waals surface area contributed by atoms with E-state index >= 15 is 0 Å². The van der Waals surface area contributed by atoms with E-state index in [1.165, 1.54) is 19.1 Å². The third-order valence-electron chi connectivity index (χ3n) is 2.42. The molecule has 8 heteroatoms. The Bertz CT molecular complexity index is 652. The maximum Gasteiger partial charge on any atom is 0.471 e. The SMILES string of the molecule is CC(=O)Cc1ccc(-c2noc(C(F)(F)F)n2)cc1Cl. The molecule has 0 atom stereocenters. The van der Waals surface area contributed by atoms with E-state index in [0.717, 1.165) is 0 Å². The number of halogens is 4. The highest BCUT2D eigenvalue weighted by Gasteiger charge is 2.38. The summed E-state index contributed by atoms with van der Waals surface area (Å²) in [4.78, 5) is 14.3. The van der Waals surface area contributed by atoms with Gasteiger partial charge in [0.05, 0.1) is 0 Å². The van der Waals surface area contributed by atoms with Gasteiger partial charge in [0.1, 0.15) is 5.78 Å². The van der Waals surface area contributed by atoms with Crippen LogP contribution in [-0.2, 0) is 17.4 Å². The number of ketones is 1. The Morgan fingerprint density at radius 3 is 2.60 bits per heavy atom. The van der Waals surface area contributed by atoms with Gasteiger partial charge in [0.15, 0.2) is 0 Å². The fourth-order valence-corrected chi connectivity index (χ4v) is 1.80. The number of carbonyl (C=O) groups excluding carboxylic acids is 1. The number of benzene rings is 1. The Kier molecular flexibility index (Phi) is 3.80. The van der Waals surface area contributed by atoms with Gasteiger partial charge in [-0.1, -0.05) is 28.9 Å². The van der Waals surface area contributed by atoms with Crippen molar-refractivity contribution in [3.8, 4) is 11.4 Å². The third kappa shape index (κ3) is 3.16. The van der Waals surface area contributed by atoms with E-state index in [1.54, 1.807) is 6.07 Å². The smallest absolute Gasteiger partial charge is 0.329 e. The molecule has 4 nitrogen and oxygen atoms in total. The minimum Gasteiger partial charge on any atom is -0.329 e. The van der Waals surface area contributed by atoms with Crippen LogP contribution in [0.15, 0.2) is 22.7 Å². The molecule has 2 rings (SSSR count). The number of carbonyl (C=O) groups is 1. The highest BCUT2D eigenvalue weighted by molar-refractivity contribution is 6.31. The predicted molar refractivity (Wildman–Crippen MR) is 64.1 cm³/mol. The van der Waals surface area contributed by atoms with Crippen molar-refractivity contribution in [2.45, 2.75) is 19.5 Å². The van der Waals surface area contributed by atoms with Crippen LogP contribution in [0.5, 0.6) is 0 Å². The van der Waals surface area contributed by atoms with Crippen LogP contribution in [0.3, 0.4) is 0 Å². The Labute approximate surface area is 116 Å². The molecule has 1 heterocycles. The summed E-state index contributed by atoms with van der Waals surface area (Å²) >= 11 is 5.96. The maximum absolute atomic E-state index is 12.3. The van der Waals surface area contributed by atoms with E-state index in [9.17, 15) is 18.0 Å². The summed E-state index contributed by atoms with van der Waals surface area (Å²) in [5, 5.41) is 3.51. The van der Waals surface area contributed by atoms with Crippen LogP contribution in [0.2, 0.25) is 5.02 Å². The zero-order valence-electron chi connectivity index (χ0n) is 10.2. The first-order chi connectivity index (χ1) is 9.27. The second-order valence-corrected chi connectivity index (χ2v) is 4.51. The molecule has 0 saturated carbocycles. The normalized spacial score (nSPS) is 11.7. The lowest BCUT2D eigenvalue weighted by atomic mass is 10.1. The molecule has 0 amide bonds. The summed E-state index contributed by atoms with van der Waals surface area (Å²) in [6, 6.07) is 4.42. The molecule has 106 valence electrons. The zero-order valence-corrected chi connectivity index (χ0v) is 10.9. The van der Waals surface area contributed by atoms with Gasteiger partial charge in [0.25, 0.3) is 0 Å². The Morgan fingerprint density at radius 1 is 1.40 bits per heavy atom. The number of Topliss-reactive ketones (excluding diaryl/α,β-unsaturated/α-hetero) is 1. The van der Waals surface area contributed by atoms with Crippen molar-refractivity contribution < 1.29 is 22.5 Å². The largest absolute Gasteiger partial charge is 0.471 e. The summed E-state index contributed by atoms with van der Waals surface area (Å²) in [5.41, 5.74) is 0.865. The van der Waals surface area contributed by atoms with E-state index in [0.29, 0.717) is 5.56 Å². The first kappa shape index (κ1) is 14.5. The quantitative estimate of drug-likeness (QED) is 0.870. The summed E-state index contributed by atoms with van der Waals surface area (Å²) in [5.74, 6) is -1.70. The molecule has 0 saturated heterocycles. The number of hydrogen-bond donors (Lipinski definition) is 0. The van der Waals surface area contributed by atoms with Gasteiger partial charge in [-0.3, -0.25) is 4.79 Å². The Hall–Kier alpha value is -1.89. The van der Waals surface area contributed by atoms with Gasteiger partial charge in [-0.05, 0) is 18.6 Å². The van der Waals surface area contributed by atoms with Gasteiger partial charge in [-0.2, -0.15) is 18.2 Å². The molecule has 0 aliphatic heterocycles. The van der Waals surface area contributed by atoms with Crippen LogP contribution >= 0.6 is 11.6 Å². The van der Waals surface area contributed by atoms with E-state index in [2.05, 4.69) is 14.7 Å².